The van der Waals surface area contributed by atoms with E-state index in [1.54, 1.807) is 26.4 Å². The number of fused-ring (bicyclic) bond motifs is 1. The van der Waals surface area contributed by atoms with Crippen LogP contribution in [0.2, 0.25) is 5.02 Å². The van der Waals surface area contributed by atoms with Crippen LogP contribution in [0.5, 0.6) is 17.2 Å². The number of aromatic nitrogens is 1. The molecule has 1 aliphatic heterocycles. The number of benzene rings is 2. The molecule has 0 saturated carbocycles. The van der Waals surface area contributed by atoms with Gasteiger partial charge in [0.1, 0.15) is 29.2 Å². The lowest BCUT2D eigenvalue weighted by Gasteiger charge is -2.24. The Balaban J connectivity index is 1.59. The van der Waals surface area contributed by atoms with Crippen LogP contribution in [0.15, 0.2) is 42.6 Å². The monoisotopic (exact) mass is 413 g/mol. The molecule has 1 fully saturated rings. The number of piperidine rings is 1. The maximum Gasteiger partial charge on any atom is 0.144 e. The Morgan fingerprint density at radius 1 is 1.00 bits per heavy atom. The van der Waals surface area contributed by atoms with Crippen molar-refractivity contribution in [1.29, 1.82) is 0 Å². The molecule has 3 aromatic rings. The molecule has 0 bridgehead atoms. The quantitative estimate of drug-likeness (QED) is 0.606. The van der Waals surface area contributed by atoms with Crippen LogP contribution in [-0.4, -0.2) is 38.4 Å². The predicted octanol–water partition coefficient (Wildman–Crippen LogP) is 4.78. The fraction of sp³-hybridized carbons (Fsp3) is 0.318. The number of pyridine rings is 1. The lowest BCUT2D eigenvalue weighted by atomic mass is 10.1. The lowest BCUT2D eigenvalue weighted by molar-refractivity contribution is 0.162. The van der Waals surface area contributed by atoms with Crippen molar-refractivity contribution in [2.45, 2.75) is 18.9 Å². The van der Waals surface area contributed by atoms with E-state index in [9.17, 15) is 0 Å². The first kappa shape index (κ1) is 19.6. The smallest absolute Gasteiger partial charge is 0.144 e. The Morgan fingerprint density at radius 3 is 2.55 bits per heavy atom. The summed E-state index contributed by atoms with van der Waals surface area (Å²) in [5.41, 5.74) is 0.725. The zero-order valence-electron chi connectivity index (χ0n) is 16.5. The summed E-state index contributed by atoms with van der Waals surface area (Å²) in [6.07, 6.45) is 4.16. The normalized spacial score (nSPS) is 14.6. The van der Waals surface area contributed by atoms with E-state index in [-0.39, 0.29) is 6.10 Å². The third-order valence-corrected chi connectivity index (χ3v) is 5.31. The molecule has 2 heterocycles. The maximum absolute atomic E-state index is 6.19. The standard InChI is InChI=1S/C22H24ClN3O3/c1-27-20-12-19(21(28-2)11-18(20)23)26-22-10-15-9-17(4-3-14(15)13-25-22)29-16-5-7-24-8-6-16/h3-4,9-13,16,24H,5-8H2,1-2H3,(H,25,26). The summed E-state index contributed by atoms with van der Waals surface area (Å²) in [7, 11) is 3.18. The van der Waals surface area contributed by atoms with Crippen LogP contribution in [-0.2, 0) is 0 Å². The summed E-state index contributed by atoms with van der Waals surface area (Å²) in [5.74, 6) is 2.75. The summed E-state index contributed by atoms with van der Waals surface area (Å²) in [5, 5.41) is 9.24. The molecule has 0 radical (unpaired) electrons. The minimum absolute atomic E-state index is 0.263. The number of hydrogen-bond donors (Lipinski definition) is 2. The van der Waals surface area contributed by atoms with Crippen molar-refractivity contribution in [3.05, 3.63) is 47.6 Å². The van der Waals surface area contributed by atoms with Gasteiger partial charge in [-0.2, -0.15) is 0 Å². The van der Waals surface area contributed by atoms with Gasteiger partial charge in [-0.25, -0.2) is 4.98 Å². The van der Waals surface area contributed by atoms with Gasteiger partial charge in [0.05, 0.1) is 24.9 Å². The van der Waals surface area contributed by atoms with E-state index in [0.717, 1.165) is 48.1 Å². The molecule has 0 atom stereocenters. The van der Waals surface area contributed by atoms with Crippen molar-refractivity contribution in [2.24, 2.45) is 0 Å². The van der Waals surface area contributed by atoms with E-state index in [0.29, 0.717) is 22.3 Å². The van der Waals surface area contributed by atoms with E-state index < -0.39 is 0 Å². The minimum atomic E-state index is 0.263. The van der Waals surface area contributed by atoms with Crippen LogP contribution >= 0.6 is 11.6 Å². The Hall–Kier alpha value is -2.70. The molecule has 7 heteroatoms. The average molecular weight is 414 g/mol. The van der Waals surface area contributed by atoms with Crippen LogP contribution in [0.4, 0.5) is 11.5 Å². The van der Waals surface area contributed by atoms with Crippen molar-refractivity contribution in [3.63, 3.8) is 0 Å². The van der Waals surface area contributed by atoms with Crippen molar-refractivity contribution < 1.29 is 14.2 Å². The second kappa shape index (κ2) is 8.76. The van der Waals surface area contributed by atoms with Crippen molar-refractivity contribution in [1.82, 2.24) is 10.3 Å². The van der Waals surface area contributed by atoms with E-state index in [1.807, 2.05) is 24.4 Å². The zero-order chi connectivity index (χ0) is 20.2. The molecule has 6 nitrogen and oxygen atoms in total. The van der Waals surface area contributed by atoms with E-state index >= 15 is 0 Å². The molecule has 4 rings (SSSR count). The van der Waals surface area contributed by atoms with Crippen LogP contribution in [0.1, 0.15) is 12.8 Å². The SMILES string of the molecule is COc1cc(Nc2cc3cc(OC4CCNCC4)ccc3cn2)c(OC)cc1Cl. The molecule has 1 saturated heterocycles. The van der Waals surface area contributed by atoms with Crippen LogP contribution in [0.3, 0.4) is 0 Å². The highest BCUT2D eigenvalue weighted by atomic mass is 35.5. The molecule has 1 aromatic heterocycles. The molecule has 29 heavy (non-hydrogen) atoms. The first-order chi connectivity index (χ1) is 14.2. The zero-order valence-corrected chi connectivity index (χ0v) is 17.3. The first-order valence-electron chi connectivity index (χ1n) is 9.62. The number of nitrogens with zero attached hydrogens (tertiary/aromatic N) is 1. The third kappa shape index (κ3) is 4.49. The Labute approximate surface area is 175 Å². The van der Waals surface area contributed by atoms with Crippen LogP contribution < -0.4 is 24.8 Å². The van der Waals surface area contributed by atoms with Gasteiger partial charge in [0.25, 0.3) is 0 Å². The summed E-state index contributed by atoms with van der Waals surface area (Å²) in [6, 6.07) is 11.6. The molecular weight excluding hydrogens is 390 g/mol. The summed E-state index contributed by atoms with van der Waals surface area (Å²) in [4.78, 5) is 4.51. The molecule has 2 aromatic carbocycles. The second-order valence-corrected chi connectivity index (χ2v) is 7.36. The van der Waals surface area contributed by atoms with Gasteiger partial charge in [0.2, 0.25) is 0 Å². The predicted molar refractivity (Wildman–Crippen MR) is 116 cm³/mol. The summed E-state index contributed by atoms with van der Waals surface area (Å²) < 4.78 is 16.9. The molecule has 0 amide bonds. The fourth-order valence-corrected chi connectivity index (χ4v) is 3.69. The number of anilines is 2. The molecule has 0 unspecified atom stereocenters. The highest BCUT2D eigenvalue weighted by molar-refractivity contribution is 6.32. The van der Waals surface area contributed by atoms with Gasteiger partial charge in [-0.1, -0.05) is 11.6 Å². The third-order valence-electron chi connectivity index (χ3n) is 5.02. The Bertz CT molecular complexity index is 1010. The number of methoxy groups -OCH3 is 2. The molecule has 1 aliphatic rings. The fourth-order valence-electron chi connectivity index (χ4n) is 3.46. The van der Waals surface area contributed by atoms with Crippen molar-refractivity contribution >= 4 is 33.9 Å². The topological polar surface area (TPSA) is 64.6 Å². The molecule has 0 aliphatic carbocycles. The van der Waals surface area contributed by atoms with Crippen molar-refractivity contribution in [2.75, 3.05) is 32.6 Å². The van der Waals surface area contributed by atoms with E-state index in [1.165, 1.54) is 0 Å². The lowest BCUT2D eigenvalue weighted by Crippen LogP contribution is -2.34. The second-order valence-electron chi connectivity index (χ2n) is 6.96. The van der Waals surface area contributed by atoms with Gasteiger partial charge in [-0.3, -0.25) is 0 Å². The largest absolute Gasteiger partial charge is 0.495 e. The van der Waals surface area contributed by atoms with Gasteiger partial charge >= 0.3 is 0 Å². The van der Waals surface area contributed by atoms with Crippen molar-refractivity contribution in [3.8, 4) is 17.2 Å². The molecular formula is C22H24ClN3O3. The van der Waals surface area contributed by atoms with Crippen LogP contribution in [0.25, 0.3) is 10.8 Å². The average Bonchev–Trinajstić information content (AvgIpc) is 2.75. The van der Waals surface area contributed by atoms with Gasteiger partial charge in [-0.05, 0) is 55.6 Å². The van der Waals surface area contributed by atoms with Gasteiger partial charge in [-0.15, -0.1) is 0 Å². The van der Waals surface area contributed by atoms with Gasteiger partial charge in [0.15, 0.2) is 0 Å². The molecule has 152 valence electrons. The van der Waals surface area contributed by atoms with Gasteiger partial charge in [0, 0.05) is 23.7 Å². The number of rotatable bonds is 6. The number of nitrogens with one attached hydrogen (secondary N) is 2. The maximum atomic E-state index is 6.19. The van der Waals surface area contributed by atoms with E-state index in [2.05, 4.69) is 21.7 Å². The Morgan fingerprint density at radius 2 is 1.79 bits per heavy atom. The number of hydrogen-bond acceptors (Lipinski definition) is 6. The van der Waals surface area contributed by atoms with Crippen LogP contribution in [0, 0.1) is 0 Å². The minimum Gasteiger partial charge on any atom is -0.495 e. The highest BCUT2D eigenvalue weighted by Crippen LogP contribution is 2.37. The number of ether oxygens (including phenoxy) is 3. The number of halogens is 1. The summed E-state index contributed by atoms with van der Waals surface area (Å²) in [6.45, 7) is 2.01. The van der Waals surface area contributed by atoms with E-state index in [4.69, 9.17) is 25.8 Å². The Kier molecular flexibility index (Phi) is 5.92. The summed E-state index contributed by atoms with van der Waals surface area (Å²) >= 11 is 6.19. The first-order valence-corrected chi connectivity index (χ1v) is 10.00. The molecule has 2 N–H and O–H groups in total. The highest BCUT2D eigenvalue weighted by Gasteiger charge is 2.15. The van der Waals surface area contributed by atoms with Gasteiger partial charge < -0.3 is 24.8 Å². The molecule has 0 spiro atoms.